The van der Waals surface area contributed by atoms with E-state index in [-0.39, 0.29) is 13.2 Å². The van der Waals surface area contributed by atoms with Crippen molar-refractivity contribution in [3.8, 4) is 0 Å². The molecular weight excluding hydrogens is 316 g/mol. The normalized spacial score (nSPS) is 34.4. The van der Waals surface area contributed by atoms with Crippen LogP contribution in [0.25, 0.3) is 0 Å². The Kier molecular flexibility index (Phi) is 6.64. The topological polar surface area (TPSA) is 97.6 Å². The zero-order valence-corrected chi connectivity index (χ0v) is 15.1. The van der Waals surface area contributed by atoms with Gasteiger partial charge in [-0.2, -0.15) is 0 Å². The Balaban J connectivity index is 2.06. The number of hydrogen-bond acceptors (Lipinski definition) is 7. The van der Waals surface area contributed by atoms with Gasteiger partial charge in [-0.1, -0.05) is 27.7 Å². The average molecular weight is 348 g/mol. The van der Waals surface area contributed by atoms with E-state index >= 15 is 0 Å². The van der Waals surface area contributed by atoms with Gasteiger partial charge in [0.25, 0.3) is 0 Å². The van der Waals surface area contributed by atoms with E-state index in [2.05, 4.69) is 0 Å². The first-order valence-corrected chi connectivity index (χ1v) is 9.04. The van der Waals surface area contributed by atoms with E-state index in [1.54, 1.807) is 0 Å². The van der Waals surface area contributed by atoms with Crippen LogP contribution in [0.1, 0.15) is 53.4 Å². The molecule has 5 unspecified atom stereocenters. The second kappa shape index (κ2) is 7.95. The number of rotatable bonds is 8. The quantitative estimate of drug-likeness (QED) is 0.600. The van der Waals surface area contributed by atoms with Gasteiger partial charge in [0, 0.05) is 0 Å². The summed E-state index contributed by atoms with van der Waals surface area (Å²) in [6.45, 7) is 7.69. The smallest absolute Gasteiger partial charge is 0.169 e. The van der Waals surface area contributed by atoms with E-state index < -0.39 is 42.1 Å². The van der Waals surface area contributed by atoms with Crippen LogP contribution in [-0.4, -0.2) is 70.6 Å². The predicted molar refractivity (Wildman–Crippen MR) is 86.3 cm³/mol. The molecule has 2 fully saturated rings. The van der Waals surface area contributed by atoms with Gasteiger partial charge >= 0.3 is 0 Å². The first-order valence-electron chi connectivity index (χ1n) is 9.04. The second-order valence-corrected chi connectivity index (χ2v) is 6.61. The van der Waals surface area contributed by atoms with Crippen molar-refractivity contribution in [2.45, 2.75) is 95.5 Å². The molecule has 2 saturated heterocycles. The zero-order valence-electron chi connectivity index (χ0n) is 15.1. The van der Waals surface area contributed by atoms with E-state index in [4.69, 9.17) is 18.9 Å². The third-order valence-electron chi connectivity index (χ3n) is 5.36. The Morgan fingerprint density at radius 3 is 1.92 bits per heavy atom. The van der Waals surface area contributed by atoms with Crippen LogP contribution in [-0.2, 0) is 18.9 Å². The van der Waals surface area contributed by atoms with Crippen molar-refractivity contribution < 1.29 is 34.3 Å². The van der Waals surface area contributed by atoms with Gasteiger partial charge in [0.05, 0.1) is 13.2 Å². The van der Waals surface area contributed by atoms with E-state index in [0.29, 0.717) is 25.7 Å². The maximum absolute atomic E-state index is 10.6. The average Bonchev–Trinajstić information content (AvgIpc) is 3.23. The molecule has 0 aromatic rings. The summed E-state index contributed by atoms with van der Waals surface area (Å²) in [6.07, 6.45) is -2.03. The SMILES string of the molecule is CCC1(CC)OCC(C(O)C(O)C2OC(CC)(CC)OC2CO)O1. The van der Waals surface area contributed by atoms with E-state index in [1.807, 2.05) is 27.7 Å². The summed E-state index contributed by atoms with van der Waals surface area (Å²) in [4.78, 5) is 0. The standard InChI is InChI=1S/C17H32O7/c1-5-16(6-2)21-10-12(23-16)13(19)14(20)15-11(9-18)22-17(7-3,8-4)24-15/h11-15,18-20H,5-10H2,1-4H3. The van der Waals surface area contributed by atoms with Crippen molar-refractivity contribution in [1.82, 2.24) is 0 Å². The summed E-state index contributed by atoms with van der Waals surface area (Å²) in [5.74, 6) is -1.53. The maximum Gasteiger partial charge on any atom is 0.169 e. The molecular formula is C17H32O7. The molecule has 0 saturated carbocycles. The van der Waals surface area contributed by atoms with Crippen molar-refractivity contribution in [2.75, 3.05) is 13.2 Å². The minimum Gasteiger partial charge on any atom is -0.394 e. The van der Waals surface area contributed by atoms with Gasteiger partial charge in [-0.3, -0.25) is 0 Å². The van der Waals surface area contributed by atoms with Crippen LogP contribution in [0.4, 0.5) is 0 Å². The lowest BCUT2D eigenvalue weighted by Gasteiger charge is -2.31. The minimum atomic E-state index is -1.24. The van der Waals surface area contributed by atoms with Gasteiger partial charge in [-0.25, -0.2) is 0 Å². The highest BCUT2D eigenvalue weighted by molar-refractivity contribution is 4.95. The Hall–Kier alpha value is -0.280. The lowest BCUT2D eigenvalue weighted by atomic mass is 9.99. The van der Waals surface area contributed by atoms with Gasteiger partial charge in [-0.05, 0) is 25.7 Å². The van der Waals surface area contributed by atoms with Crippen molar-refractivity contribution in [1.29, 1.82) is 0 Å². The van der Waals surface area contributed by atoms with Crippen LogP contribution < -0.4 is 0 Å². The molecule has 24 heavy (non-hydrogen) atoms. The van der Waals surface area contributed by atoms with Gasteiger partial charge < -0.3 is 34.3 Å². The van der Waals surface area contributed by atoms with Gasteiger partial charge in [0.2, 0.25) is 0 Å². The van der Waals surface area contributed by atoms with Crippen molar-refractivity contribution >= 4 is 0 Å². The molecule has 0 aromatic carbocycles. The van der Waals surface area contributed by atoms with Gasteiger partial charge in [0.1, 0.15) is 30.5 Å². The molecule has 3 N–H and O–H groups in total. The third-order valence-corrected chi connectivity index (χ3v) is 5.36. The summed E-state index contributed by atoms with van der Waals surface area (Å²) in [5, 5.41) is 30.7. The Morgan fingerprint density at radius 2 is 1.46 bits per heavy atom. The largest absolute Gasteiger partial charge is 0.394 e. The number of aliphatic hydroxyl groups excluding tert-OH is 3. The lowest BCUT2D eigenvalue weighted by molar-refractivity contribution is -0.207. The van der Waals surface area contributed by atoms with Crippen LogP contribution >= 0.6 is 0 Å². The fourth-order valence-corrected chi connectivity index (χ4v) is 3.49. The molecule has 2 heterocycles. The molecule has 2 aliphatic heterocycles. The van der Waals surface area contributed by atoms with Crippen molar-refractivity contribution in [3.05, 3.63) is 0 Å². The minimum absolute atomic E-state index is 0.212. The molecule has 0 spiro atoms. The van der Waals surface area contributed by atoms with E-state index in [9.17, 15) is 15.3 Å². The molecule has 0 aliphatic carbocycles. The fourth-order valence-electron chi connectivity index (χ4n) is 3.49. The number of hydrogen-bond donors (Lipinski definition) is 3. The van der Waals surface area contributed by atoms with Crippen LogP contribution in [0.3, 0.4) is 0 Å². The molecule has 0 bridgehead atoms. The lowest BCUT2D eigenvalue weighted by Crippen LogP contribution is -2.50. The highest BCUT2D eigenvalue weighted by Gasteiger charge is 2.52. The monoisotopic (exact) mass is 348 g/mol. The highest BCUT2D eigenvalue weighted by atomic mass is 16.8. The van der Waals surface area contributed by atoms with E-state index in [1.165, 1.54) is 0 Å². The molecule has 0 amide bonds. The molecule has 7 nitrogen and oxygen atoms in total. The van der Waals surface area contributed by atoms with Gasteiger partial charge in [0.15, 0.2) is 11.6 Å². The highest BCUT2D eigenvalue weighted by Crippen LogP contribution is 2.38. The molecule has 142 valence electrons. The van der Waals surface area contributed by atoms with Crippen LogP contribution in [0.2, 0.25) is 0 Å². The summed E-state index contributed by atoms with van der Waals surface area (Å²) < 4.78 is 23.3. The summed E-state index contributed by atoms with van der Waals surface area (Å²) in [5.41, 5.74) is 0. The Morgan fingerprint density at radius 1 is 0.875 bits per heavy atom. The molecule has 2 rings (SSSR count). The summed E-state index contributed by atoms with van der Waals surface area (Å²) in [6, 6.07) is 0. The molecule has 0 aromatic heterocycles. The first kappa shape index (κ1) is 20.0. The molecule has 2 aliphatic rings. The fraction of sp³-hybridized carbons (Fsp3) is 1.00. The van der Waals surface area contributed by atoms with Crippen molar-refractivity contribution in [3.63, 3.8) is 0 Å². The molecule has 0 radical (unpaired) electrons. The van der Waals surface area contributed by atoms with Crippen LogP contribution in [0.15, 0.2) is 0 Å². The van der Waals surface area contributed by atoms with E-state index in [0.717, 1.165) is 0 Å². The molecule has 7 heteroatoms. The first-order chi connectivity index (χ1) is 11.4. The number of ether oxygens (including phenoxy) is 4. The molecule has 5 atom stereocenters. The maximum atomic E-state index is 10.6. The second-order valence-electron chi connectivity index (χ2n) is 6.61. The Bertz CT molecular complexity index is 394. The summed E-state index contributed by atoms with van der Waals surface area (Å²) >= 11 is 0. The van der Waals surface area contributed by atoms with Crippen molar-refractivity contribution in [2.24, 2.45) is 0 Å². The summed E-state index contributed by atoms with van der Waals surface area (Å²) in [7, 11) is 0. The number of aliphatic hydroxyl groups is 3. The third kappa shape index (κ3) is 3.62. The zero-order chi connectivity index (χ0) is 18.0. The Labute approximate surface area is 143 Å². The predicted octanol–water partition coefficient (Wildman–Crippen LogP) is 0.932. The van der Waals surface area contributed by atoms with Gasteiger partial charge in [-0.15, -0.1) is 0 Å². The van der Waals surface area contributed by atoms with Crippen LogP contribution in [0, 0.1) is 0 Å². The van der Waals surface area contributed by atoms with Crippen LogP contribution in [0.5, 0.6) is 0 Å².